The molecule has 2 aromatic rings. The fraction of sp³-hybridized carbons (Fsp3) is 0.316. The highest BCUT2D eigenvalue weighted by atomic mass is 19.4. The molecule has 0 fully saturated rings. The summed E-state index contributed by atoms with van der Waals surface area (Å²) in [6.07, 6.45) is -4.61. The first-order chi connectivity index (χ1) is 12.5. The molecule has 0 aliphatic heterocycles. The van der Waals surface area contributed by atoms with Crippen molar-refractivity contribution in [2.45, 2.75) is 39.6 Å². The third-order valence-electron chi connectivity index (χ3n) is 3.66. The van der Waals surface area contributed by atoms with E-state index in [9.17, 15) is 22.8 Å². The number of alkyl halides is 3. The zero-order valence-corrected chi connectivity index (χ0v) is 15.1. The SMILES string of the molecule is CC(=O)Cc1cc(C(=O)N[C@H](C)c2ccc(OC(F)(F)F)cc2)cc(C)n1. The third-order valence-corrected chi connectivity index (χ3v) is 3.66. The minimum Gasteiger partial charge on any atom is -0.406 e. The molecule has 0 unspecified atom stereocenters. The Morgan fingerprint density at radius 3 is 2.37 bits per heavy atom. The van der Waals surface area contributed by atoms with Crippen molar-refractivity contribution >= 4 is 11.7 Å². The molecular formula is C19H19F3N2O3. The standard InChI is InChI=1S/C19H19F3N2O3/c1-11-8-15(10-16(23-11)9-12(2)25)18(26)24-13(3)14-4-6-17(7-5-14)27-19(20,21)22/h4-8,10,13H,9H2,1-3H3,(H,24,26)/t13-/m1/s1. The van der Waals surface area contributed by atoms with Gasteiger partial charge in [-0.05, 0) is 50.6 Å². The van der Waals surface area contributed by atoms with Crippen LogP contribution in [0.2, 0.25) is 0 Å². The number of nitrogens with one attached hydrogen (secondary N) is 1. The zero-order chi connectivity index (χ0) is 20.2. The summed E-state index contributed by atoms with van der Waals surface area (Å²) in [6.45, 7) is 4.88. The quantitative estimate of drug-likeness (QED) is 0.825. The van der Waals surface area contributed by atoms with E-state index in [4.69, 9.17) is 0 Å². The van der Waals surface area contributed by atoms with Gasteiger partial charge < -0.3 is 10.1 Å². The van der Waals surface area contributed by atoms with Gasteiger partial charge >= 0.3 is 6.36 Å². The van der Waals surface area contributed by atoms with E-state index in [1.807, 2.05) is 0 Å². The molecule has 2 rings (SSSR count). The molecule has 0 bridgehead atoms. The minimum absolute atomic E-state index is 0.0611. The maximum Gasteiger partial charge on any atom is 0.573 e. The monoisotopic (exact) mass is 380 g/mol. The molecule has 0 spiro atoms. The summed E-state index contributed by atoms with van der Waals surface area (Å²) in [6, 6.07) is 7.99. The number of ketones is 1. The van der Waals surface area contributed by atoms with Crippen LogP contribution >= 0.6 is 0 Å². The number of Topliss-reactive ketones (excluding diaryl/α,β-unsaturated/α-hetero) is 1. The third kappa shape index (κ3) is 6.40. The lowest BCUT2D eigenvalue weighted by atomic mass is 10.1. The molecule has 8 heteroatoms. The van der Waals surface area contributed by atoms with Crippen LogP contribution in [0.25, 0.3) is 0 Å². The average Bonchev–Trinajstić information content (AvgIpc) is 2.52. The van der Waals surface area contributed by atoms with Gasteiger partial charge in [-0.3, -0.25) is 14.6 Å². The Morgan fingerprint density at radius 2 is 1.81 bits per heavy atom. The molecule has 27 heavy (non-hydrogen) atoms. The Morgan fingerprint density at radius 1 is 1.19 bits per heavy atom. The van der Waals surface area contributed by atoms with E-state index >= 15 is 0 Å². The predicted octanol–water partition coefficient (Wildman–Crippen LogP) is 3.91. The highest BCUT2D eigenvalue weighted by molar-refractivity contribution is 5.94. The van der Waals surface area contributed by atoms with Crippen LogP contribution < -0.4 is 10.1 Å². The molecule has 0 saturated carbocycles. The molecule has 1 atom stereocenters. The molecular weight excluding hydrogens is 361 g/mol. The number of aryl methyl sites for hydroxylation is 1. The molecule has 1 aromatic carbocycles. The number of benzene rings is 1. The van der Waals surface area contributed by atoms with Crippen molar-refractivity contribution in [3.8, 4) is 5.75 Å². The Kier molecular flexibility index (Phi) is 6.20. The number of ether oxygens (including phenoxy) is 1. The fourth-order valence-electron chi connectivity index (χ4n) is 2.54. The molecule has 1 N–H and O–H groups in total. The number of amides is 1. The second-order valence-electron chi connectivity index (χ2n) is 6.18. The number of hydrogen-bond donors (Lipinski definition) is 1. The van der Waals surface area contributed by atoms with E-state index in [2.05, 4.69) is 15.0 Å². The summed E-state index contributed by atoms with van der Waals surface area (Å²) in [5.41, 5.74) is 2.10. The molecule has 1 amide bonds. The molecule has 0 radical (unpaired) electrons. The van der Waals surface area contributed by atoms with Gasteiger partial charge in [0.2, 0.25) is 0 Å². The van der Waals surface area contributed by atoms with Gasteiger partial charge in [-0.2, -0.15) is 0 Å². The van der Waals surface area contributed by atoms with Gasteiger partial charge in [-0.25, -0.2) is 0 Å². The Balaban J connectivity index is 2.09. The number of hydrogen-bond acceptors (Lipinski definition) is 4. The van der Waals surface area contributed by atoms with Crippen molar-refractivity contribution in [1.82, 2.24) is 10.3 Å². The molecule has 0 aliphatic carbocycles. The highest BCUT2D eigenvalue weighted by Crippen LogP contribution is 2.24. The van der Waals surface area contributed by atoms with Crippen molar-refractivity contribution in [2.75, 3.05) is 0 Å². The number of pyridine rings is 1. The lowest BCUT2D eigenvalue weighted by Crippen LogP contribution is -2.27. The van der Waals surface area contributed by atoms with Crippen LogP contribution in [-0.2, 0) is 11.2 Å². The summed E-state index contributed by atoms with van der Waals surface area (Å²) in [4.78, 5) is 28.0. The second kappa shape index (κ2) is 8.20. The fourth-order valence-corrected chi connectivity index (χ4v) is 2.54. The van der Waals surface area contributed by atoms with Crippen LogP contribution in [0.5, 0.6) is 5.75 Å². The number of carbonyl (C=O) groups is 2. The van der Waals surface area contributed by atoms with E-state index in [0.717, 1.165) is 0 Å². The van der Waals surface area contributed by atoms with E-state index in [1.165, 1.54) is 31.2 Å². The maximum absolute atomic E-state index is 12.5. The molecule has 1 heterocycles. The van der Waals surface area contributed by atoms with Gasteiger partial charge in [0.25, 0.3) is 5.91 Å². The highest BCUT2D eigenvalue weighted by Gasteiger charge is 2.31. The number of nitrogens with zero attached hydrogens (tertiary/aromatic N) is 1. The van der Waals surface area contributed by atoms with E-state index in [1.54, 1.807) is 26.0 Å². The van der Waals surface area contributed by atoms with Crippen molar-refractivity contribution in [3.05, 3.63) is 58.9 Å². The largest absolute Gasteiger partial charge is 0.573 e. The van der Waals surface area contributed by atoms with E-state index in [0.29, 0.717) is 22.5 Å². The van der Waals surface area contributed by atoms with Crippen LogP contribution in [0.15, 0.2) is 36.4 Å². The van der Waals surface area contributed by atoms with Gasteiger partial charge in [-0.15, -0.1) is 13.2 Å². The first-order valence-corrected chi connectivity index (χ1v) is 8.17. The maximum atomic E-state index is 12.5. The van der Waals surface area contributed by atoms with E-state index in [-0.39, 0.29) is 23.9 Å². The summed E-state index contributed by atoms with van der Waals surface area (Å²) in [7, 11) is 0. The van der Waals surface area contributed by atoms with Crippen molar-refractivity contribution in [2.24, 2.45) is 0 Å². The molecule has 1 aromatic heterocycles. The Labute approximate surface area is 154 Å². The van der Waals surface area contributed by atoms with Crippen LogP contribution in [0.4, 0.5) is 13.2 Å². The van der Waals surface area contributed by atoms with Gasteiger partial charge in [0.1, 0.15) is 11.5 Å². The summed E-state index contributed by atoms with van der Waals surface area (Å²) >= 11 is 0. The van der Waals surface area contributed by atoms with Crippen LogP contribution in [0.1, 0.15) is 47.2 Å². The van der Waals surface area contributed by atoms with Gasteiger partial charge in [0.05, 0.1) is 6.04 Å². The normalized spacial score (nSPS) is 12.4. The van der Waals surface area contributed by atoms with Crippen LogP contribution in [0, 0.1) is 6.92 Å². The van der Waals surface area contributed by atoms with Gasteiger partial charge in [-0.1, -0.05) is 12.1 Å². The molecule has 0 aliphatic rings. The average molecular weight is 380 g/mol. The molecule has 0 saturated heterocycles. The minimum atomic E-state index is -4.75. The number of halogens is 3. The van der Waals surface area contributed by atoms with Crippen LogP contribution in [0.3, 0.4) is 0 Å². The number of rotatable bonds is 6. The number of aromatic nitrogens is 1. The predicted molar refractivity (Wildman–Crippen MR) is 92.4 cm³/mol. The summed E-state index contributed by atoms with van der Waals surface area (Å²) in [5, 5.41) is 2.77. The van der Waals surface area contributed by atoms with Gasteiger partial charge in [0, 0.05) is 23.4 Å². The van der Waals surface area contributed by atoms with Crippen molar-refractivity contribution in [3.63, 3.8) is 0 Å². The van der Waals surface area contributed by atoms with Crippen molar-refractivity contribution < 1.29 is 27.5 Å². The zero-order valence-electron chi connectivity index (χ0n) is 15.1. The lowest BCUT2D eigenvalue weighted by Gasteiger charge is -2.16. The molecule has 144 valence electrons. The second-order valence-corrected chi connectivity index (χ2v) is 6.18. The number of carbonyl (C=O) groups excluding carboxylic acids is 2. The Bertz CT molecular complexity index is 833. The Hall–Kier alpha value is -2.90. The van der Waals surface area contributed by atoms with Crippen LogP contribution in [-0.4, -0.2) is 23.0 Å². The summed E-state index contributed by atoms with van der Waals surface area (Å²) in [5.74, 6) is -0.758. The topological polar surface area (TPSA) is 68.3 Å². The van der Waals surface area contributed by atoms with E-state index < -0.39 is 12.4 Å². The first-order valence-electron chi connectivity index (χ1n) is 8.17. The summed E-state index contributed by atoms with van der Waals surface area (Å²) < 4.78 is 40.4. The van der Waals surface area contributed by atoms with Gasteiger partial charge in [0.15, 0.2) is 0 Å². The smallest absolute Gasteiger partial charge is 0.406 e. The van der Waals surface area contributed by atoms with Crippen molar-refractivity contribution in [1.29, 1.82) is 0 Å². The lowest BCUT2D eigenvalue weighted by molar-refractivity contribution is -0.274. The first kappa shape index (κ1) is 20.4. The molecule has 5 nitrogen and oxygen atoms in total.